The summed E-state index contributed by atoms with van der Waals surface area (Å²) in [4.78, 5) is 19.1. The molecule has 2 aromatic rings. The van der Waals surface area contributed by atoms with Crippen molar-refractivity contribution < 1.29 is 18.8 Å². The van der Waals surface area contributed by atoms with Gasteiger partial charge in [-0.05, 0) is 32.8 Å². The highest BCUT2D eigenvalue weighted by molar-refractivity contribution is 5.96. The molecule has 4 rings (SSSR count). The molecule has 7 heteroatoms. The number of aryl methyl sites for hydroxylation is 2. The van der Waals surface area contributed by atoms with Gasteiger partial charge in [0, 0.05) is 18.8 Å². The second kappa shape index (κ2) is 6.48. The molecule has 2 aromatic heterocycles. The van der Waals surface area contributed by atoms with Gasteiger partial charge in [0.1, 0.15) is 23.5 Å². The molecule has 25 heavy (non-hydrogen) atoms. The van der Waals surface area contributed by atoms with Crippen molar-refractivity contribution >= 4 is 5.91 Å². The Hall–Kier alpha value is -2.41. The number of fused-ring (bicyclic) bond motifs is 1. The number of amides is 1. The second-order valence-electron chi connectivity index (χ2n) is 6.50. The van der Waals surface area contributed by atoms with E-state index in [0.29, 0.717) is 36.0 Å². The van der Waals surface area contributed by atoms with Gasteiger partial charge in [-0.3, -0.25) is 4.79 Å². The molecule has 0 aromatic carbocycles. The summed E-state index contributed by atoms with van der Waals surface area (Å²) >= 11 is 0. The Morgan fingerprint density at radius 2 is 2.20 bits per heavy atom. The van der Waals surface area contributed by atoms with Gasteiger partial charge in [-0.2, -0.15) is 0 Å². The van der Waals surface area contributed by atoms with Gasteiger partial charge in [0.2, 0.25) is 5.88 Å². The lowest BCUT2D eigenvalue weighted by molar-refractivity contribution is -0.0793. The molecule has 7 nitrogen and oxygen atoms in total. The molecule has 0 radical (unpaired) electrons. The minimum atomic E-state index is -0.139. The third-order valence-electron chi connectivity index (χ3n) is 4.95. The van der Waals surface area contributed by atoms with Crippen molar-refractivity contribution in [3.05, 3.63) is 41.4 Å². The van der Waals surface area contributed by atoms with Crippen molar-refractivity contribution in [2.24, 2.45) is 0 Å². The van der Waals surface area contributed by atoms with Crippen LogP contribution in [0, 0.1) is 13.8 Å². The summed E-state index contributed by atoms with van der Waals surface area (Å²) in [6, 6.07) is 5.58. The summed E-state index contributed by atoms with van der Waals surface area (Å²) in [6.07, 6.45) is 3.14. The fraction of sp³-hybridized carbons (Fsp3) is 0.500. The molecule has 3 atom stereocenters. The van der Waals surface area contributed by atoms with Crippen LogP contribution in [0.2, 0.25) is 0 Å². The van der Waals surface area contributed by atoms with E-state index >= 15 is 0 Å². The van der Waals surface area contributed by atoms with E-state index in [1.165, 1.54) is 0 Å². The summed E-state index contributed by atoms with van der Waals surface area (Å²) in [6.45, 7) is 4.63. The summed E-state index contributed by atoms with van der Waals surface area (Å²) in [5.41, 5.74) is 1.19. The van der Waals surface area contributed by atoms with Crippen LogP contribution in [0.4, 0.5) is 0 Å². The predicted molar refractivity (Wildman–Crippen MR) is 88.4 cm³/mol. The summed E-state index contributed by atoms with van der Waals surface area (Å²) in [5.74, 6) is 1.11. The first-order chi connectivity index (χ1) is 12.1. The molecule has 2 fully saturated rings. The molecule has 1 aliphatic heterocycles. The van der Waals surface area contributed by atoms with Gasteiger partial charge in [0.25, 0.3) is 5.91 Å². The maximum Gasteiger partial charge on any atom is 0.259 e. The molecule has 3 heterocycles. The van der Waals surface area contributed by atoms with Gasteiger partial charge in [-0.25, -0.2) is 4.98 Å². The van der Waals surface area contributed by atoms with Crippen molar-refractivity contribution in [1.29, 1.82) is 0 Å². The van der Waals surface area contributed by atoms with Crippen LogP contribution in [0.25, 0.3) is 0 Å². The molecule has 1 saturated carbocycles. The number of nitrogens with zero attached hydrogens (tertiary/aromatic N) is 3. The number of carbonyl (C=O) groups is 1. The Kier molecular flexibility index (Phi) is 4.17. The molecule has 1 amide bonds. The van der Waals surface area contributed by atoms with E-state index in [-0.39, 0.29) is 24.2 Å². The highest BCUT2D eigenvalue weighted by Crippen LogP contribution is 2.34. The lowest BCUT2D eigenvalue weighted by Gasteiger charge is -2.38. The zero-order chi connectivity index (χ0) is 17.4. The zero-order valence-electron chi connectivity index (χ0n) is 14.3. The first kappa shape index (κ1) is 16.1. The number of hydrogen-bond acceptors (Lipinski definition) is 6. The number of rotatable bonds is 3. The van der Waals surface area contributed by atoms with E-state index in [0.717, 1.165) is 12.8 Å². The van der Waals surface area contributed by atoms with E-state index in [4.69, 9.17) is 14.0 Å². The number of aromatic nitrogens is 2. The molecule has 0 N–H and O–H groups in total. The Bertz CT molecular complexity index is 741. The maximum atomic E-state index is 13.0. The zero-order valence-corrected chi connectivity index (χ0v) is 14.3. The normalized spacial score (nSPS) is 25.7. The maximum absolute atomic E-state index is 13.0. The van der Waals surface area contributed by atoms with Crippen LogP contribution in [0.3, 0.4) is 0 Å². The summed E-state index contributed by atoms with van der Waals surface area (Å²) in [7, 11) is 0. The van der Waals surface area contributed by atoms with Crippen molar-refractivity contribution in [3.63, 3.8) is 0 Å². The van der Waals surface area contributed by atoms with Gasteiger partial charge >= 0.3 is 0 Å². The molecule has 132 valence electrons. The number of carbonyl (C=O) groups excluding carboxylic acids is 1. The fourth-order valence-corrected chi connectivity index (χ4v) is 3.80. The molecule has 0 spiro atoms. The Morgan fingerprint density at radius 3 is 2.92 bits per heavy atom. The van der Waals surface area contributed by atoms with Gasteiger partial charge in [-0.1, -0.05) is 11.2 Å². The van der Waals surface area contributed by atoms with E-state index in [9.17, 15) is 4.79 Å². The third-order valence-corrected chi connectivity index (χ3v) is 4.95. The first-order valence-corrected chi connectivity index (χ1v) is 8.58. The monoisotopic (exact) mass is 343 g/mol. The molecular formula is C18H21N3O4. The number of pyridine rings is 1. The number of morpholine rings is 1. The SMILES string of the molecule is Cc1noc(C)c1C(=O)N1CCO[C@H]2[C@H]1CC[C@H]2Oc1ccccn1. The Balaban J connectivity index is 1.52. The van der Waals surface area contributed by atoms with Gasteiger partial charge in [0.15, 0.2) is 0 Å². The van der Waals surface area contributed by atoms with Crippen molar-refractivity contribution in [2.45, 2.75) is 44.9 Å². The Labute approximate surface area is 145 Å². The van der Waals surface area contributed by atoms with E-state index in [1.807, 2.05) is 23.1 Å². The smallest absolute Gasteiger partial charge is 0.259 e. The lowest BCUT2D eigenvalue weighted by atomic mass is 10.1. The van der Waals surface area contributed by atoms with Crippen LogP contribution in [-0.2, 0) is 4.74 Å². The van der Waals surface area contributed by atoms with Crippen molar-refractivity contribution in [2.75, 3.05) is 13.2 Å². The summed E-state index contributed by atoms with van der Waals surface area (Å²) in [5, 5.41) is 3.90. The minimum Gasteiger partial charge on any atom is -0.471 e. The fourth-order valence-electron chi connectivity index (χ4n) is 3.80. The Morgan fingerprint density at radius 1 is 1.32 bits per heavy atom. The third kappa shape index (κ3) is 2.89. The van der Waals surface area contributed by atoms with Crippen molar-refractivity contribution in [3.8, 4) is 5.88 Å². The molecule has 0 unspecified atom stereocenters. The average molecular weight is 343 g/mol. The first-order valence-electron chi connectivity index (χ1n) is 8.58. The lowest BCUT2D eigenvalue weighted by Crippen LogP contribution is -2.54. The molecule has 1 aliphatic carbocycles. The highest BCUT2D eigenvalue weighted by Gasteiger charge is 2.46. The van der Waals surface area contributed by atoms with Crippen molar-refractivity contribution in [1.82, 2.24) is 15.0 Å². The van der Waals surface area contributed by atoms with Gasteiger partial charge in [-0.15, -0.1) is 0 Å². The molecule has 2 aliphatic rings. The number of ether oxygens (including phenoxy) is 2. The van der Waals surface area contributed by atoms with Crippen LogP contribution in [0.15, 0.2) is 28.9 Å². The predicted octanol–water partition coefficient (Wildman–Crippen LogP) is 2.14. The highest BCUT2D eigenvalue weighted by atomic mass is 16.5. The standard InChI is InChI=1S/C18H21N3O4/c1-11-16(12(2)25-20-11)18(22)21-9-10-23-17-13(21)6-7-14(17)24-15-5-3-4-8-19-15/h3-5,8,13-14,17H,6-7,9-10H2,1-2H3/t13-,14-,17+/m1/s1. The quantitative estimate of drug-likeness (QED) is 0.850. The van der Waals surface area contributed by atoms with Gasteiger partial charge in [0.05, 0.1) is 18.3 Å². The molecule has 1 saturated heterocycles. The van der Waals surface area contributed by atoms with Crippen LogP contribution in [0.1, 0.15) is 34.7 Å². The van der Waals surface area contributed by atoms with Crippen LogP contribution in [-0.4, -0.2) is 52.3 Å². The van der Waals surface area contributed by atoms with E-state index in [1.54, 1.807) is 20.0 Å². The van der Waals surface area contributed by atoms with Crippen LogP contribution in [0.5, 0.6) is 5.88 Å². The van der Waals surface area contributed by atoms with Crippen LogP contribution < -0.4 is 4.74 Å². The topological polar surface area (TPSA) is 77.7 Å². The van der Waals surface area contributed by atoms with E-state index < -0.39 is 0 Å². The largest absolute Gasteiger partial charge is 0.471 e. The van der Waals surface area contributed by atoms with E-state index in [2.05, 4.69) is 10.1 Å². The average Bonchev–Trinajstić information content (AvgIpc) is 3.18. The molecular weight excluding hydrogens is 322 g/mol. The van der Waals surface area contributed by atoms with Gasteiger partial charge < -0.3 is 18.9 Å². The second-order valence-corrected chi connectivity index (χ2v) is 6.50. The van der Waals surface area contributed by atoms with Crippen LogP contribution >= 0.6 is 0 Å². The summed E-state index contributed by atoms with van der Waals surface area (Å²) < 4.78 is 17.1. The number of hydrogen-bond donors (Lipinski definition) is 0. The molecule has 0 bridgehead atoms. The minimum absolute atomic E-state index is 0.00339.